The Morgan fingerprint density at radius 2 is 1.92 bits per heavy atom. The van der Waals surface area contributed by atoms with E-state index in [4.69, 9.17) is 0 Å². The Labute approximate surface area is 149 Å². The van der Waals surface area contributed by atoms with E-state index in [0.29, 0.717) is 17.0 Å². The summed E-state index contributed by atoms with van der Waals surface area (Å²) in [5.41, 5.74) is 2.86. The molecule has 0 saturated carbocycles. The van der Waals surface area contributed by atoms with Crippen LogP contribution in [0.2, 0.25) is 0 Å². The number of phenolic OH excluding ortho intramolecular Hbond substituents is 1. The first-order chi connectivity index (χ1) is 12.4. The van der Waals surface area contributed by atoms with Gasteiger partial charge in [0.15, 0.2) is 0 Å². The number of aromatic nitrogens is 1. The fourth-order valence-electron chi connectivity index (χ4n) is 2.64. The van der Waals surface area contributed by atoms with Crippen molar-refractivity contribution in [3.63, 3.8) is 0 Å². The monoisotopic (exact) mass is 352 g/mol. The lowest BCUT2D eigenvalue weighted by molar-refractivity contribution is 0.0696. The van der Waals surface area contributed by atoms with Crippen molar-refractivity contribution in [1.82, 2.24) is 4.98 Å². The summed E-state index contributed by atoms with van der Waals surface area (Å²) in [6, 6.07) is 13.9. The molecule has 0 atom stereocenters. The topological polar surface area (TPSA) is 82.5 Å². The fourth-order valence-corrected chi connectivity index (χ4v) is 2.64. The number of phenols is 1. The number of rotatable bonds is 5. The molecule has 132 valence electrons. The second-order valence-electron chi connectivity index (χ2n) is 5.87. The maximum Gasteiger partial charge on any atom is 0.335 e. The Bertz CT molecular complexity index is 973. The van der Waals surface area contributed by atoms with Gasteiger partial charge in [0.1, 0.15) is 11.6 Å². The molecule has 2 aromatic carbocycles. The smallest absolute Gasteiger partial charge is 0.335 e. The number of carbonyl (C=O) groups is 1. The van der Waals surface area contributed by atoms with Gasteiger partial charge in [0, 0.05) is 11.3 Å². The third kappa shape index (κ3) is 3.80. The van der Waals surface area contributed by atoms with Gasteiger partial charge in [0.2, 0.25) is 0 Å². The summed E-state index contributed by atoms with van der Waals surface area (Å²) in [5.74, 6) is -1.38. The average molecular weight is 352 g/mol. The summed E-state index contributed by atoms with van der Waals surface area (Å²) in [7, 11) is 0. The van der Waals surface area contributed by atoms with Crippen LogP contribution in [-0.2, 0) is 6.54 Å². The Kier molecular flexibility index (Phi) is 4.84. The third-order valence-corrected chi connectivity index (χ3v) is 3.95. The SMILES string of the molecule is Cc1cc(F)ccc1NCc1cc(C(=O)O)cc(-c2ccccc2O)n1. The molecule has 0 unspecified atom stereocenters. The van der Waals surface area contributed by atoms with E-state index in [9.17, 15) is 19.4 Å². The normalized spacial score (nSPS) is 10.5. The lowest BCUT2D eigenvalue weighted by Gasteiger charge is -2.12. The van der Waals surface area contributed by atoms with E-state index in [1.165, 1.54) is 30.3 Å². The van der Waals surface area contributed by atoms with Crippen molar-refractivity contribution in [1.29, 1.82) is 0 Å². The van der Waals surface area contributed by atoms with Crippen LogP contribution in [0.1, 0.15) is 21.6 Å². The van der Waals surface area contributed by atoms with Gasteiger partial charge >= 0.3 is 5.97 Å². The van der Waals surface area contributed by atoms with Crippen molar-refractivity contribution in [2.75, 3.05) is 5.32 Å². The minimum atomic E-state index is -1.08. The van der Waals surface area contributed by atoms with E-state index in [1.807, 2.05) is 0 Å². The van der Waals surface area contributed by atoms with Crippen LogP contribution >= 0.6 is 0 Å². The highest BCUT2D eigenvalue weighted by molar-refractivity contribution is 5.89. The van der Waals surface area contributed by atoms with Crippen LogP contribution in [0.25, 0.3) is 11.3 Å². The number of nitrogens with zero attached hydrogens (tertiary/aromatic N) is 1. The Morgan fingerprint density at radius 3 is 2.62 bits per heavy atom. The zero-order chi connectivity index (χ0) is 18.7. The summed E-state index contributed by atoms with van der Waals surface area (Å²) >= 11 is 0. The van der Waals surface area contributed by atoms with Crippen molar-refractivity contribution in [3.05, 3.63) is 77.2 Å². The van der Waals surface area contributed by atoms with Crippen molar-refractivity contribution in [2.24, 2.45) is 0 Å². The van der Waals surface area contributed by atoms with Crippen LogP contribution in [0.15, 0.2) is 54.6 Å². The van der Waals surface area contributed by atoms with Crippen LogP contribution in [-0.4, -0.2) is 21.2 Å². The molecule has 5 nitrogen and oxygen atoms in total. The van der Waals surface area contributed by atoms with E-state index < -0.39 is 5.97 Å². The molecule has 0 radical (unpaired) electrons. The number of para-hydroxylation sites is 1. The van der Waals surface area contributed by atoms with Crippen LogP contribution in [0, 0.1) is 12.7 Å². The maximum absolute atomic E-state index is 13.2. The molecular formula is C20H17FN2O3. The van der Waals surface area contributed by atoms with Gasteiger partial charge < -0.3 is 15.5 Å². The molecular weight excluding hydrogens is 335 g/mol. The van der Waals surface area contributed by atoms with Crippen LogP contribution < -0.4 is 5.32 Å². The lowest BCUT2D eigenvalue weighted by Crippen LogP contribution is -2.07. The number of aryl methyl sites for hydroxylation is 1. The first-order valence-corrected chi connectivity index (χ1v) is 7.96. The fraction of sp³-hybridized carbons (Fsp3) is 0.100. The molecule has 0 fully saturated rings. The molecule has 0 aliphatic rings. The molecule has 3 N–H and O–H groups in total. The molecule has 0 aliphatic carbocycles. The van der Waals surface area contributed by atoms with Gasteiger partial charge in [-0.15, -0.1) is 0 Å². The number of aromatic carboxylic acids is 1. The van der Waals surface area contributed by atoms with Crippen molar-refractivity contribution in [2.45, 2.75) is 13.5 Å². The minimum absolute atomic E-state index is 0.0239. The molecule has 0 bridgehead atoms. The Balaban J connectivity index is 1.94. The molecule has 0 aliphatic heterocycles. The van der Waals surface area contributed by atoms with E-state index in [-0.39, 0.29) is 23.7 Å². The molecule has 3 aromatic rings. The first-order valence-electron chi connectivity index (χ1n) is 7.96. The summed E-state index contributed by atoms with van der Waals surface area (Å²) in [6.45, 7) is 2.04. The minimum Gasteiger partial charge on any atom is -0.507 e. The molecule has 0 amide bonds. The zero-order valence-corrected chi connectivity index (χ0v) is 14.0. The van der Waals surface area contributed by atoms with Crippen LogP contribution in [0.4, 0.5) is 10.1 Å². The van der Waals surface area contributed by atoms with Gasteiger partial charge in [-0.2, -0.15) is 0 Å². The van der Waals surface area contributed by atoms with Gasteiger partial charge in [0.05, 0.1) is 23.5 Å². The van der Waals surface area contributed by atoms with Crippen LogP contribution in [0.3, 0.4) is 0 Å². The van der Waals surface area contributed by atoms with Crippen molar-refractivity contribution >= 4 is 11.7 Å². The molecule has 0 spiro atoms. The molecule has 26 heavy (non-hydrogen) atoms. The molecule has 3 rings (SSSR count). The number of pyridine rings is 1. The van der Waals surface area contributed by atoms with E-state index in [1.54, 1.807) is 31.2 Å². The number of benzene rings is 2. The largest absolute Gasteiger partial charge is 0.507 e. The number of hydrogen-bond donors (Lipinski definition) is 3. The van der Waals surface area contributed by atoms with Gasteiger partial charge in [-0.25, -0.2) is 9.18 Å². The van der Waals surface area contributed by atoms with Gasteiger partial charge in [-0.3, -0.25) is 4.98 Å². The predicted octanol–water partition coefficient (Wildman–Crippen LogP) is 4.21. The Hall–Kier alpha value is -3.41. The number of nitrogens with one attached hydrogen (secondary N) is 1. The van der Waals surface area contributed by atoms with Gasteiger partial charge in [-0.05, 0) is 55.0 Å². The second-order valence-corrected chi connectivity index (χ2v) is 5.87. The summed E-state index contributed by atoms with van der Waals surface area (Å²) in [5, 5.41) is 22.5. The number of carboxylic acid groups (broad SMARTS) is 1. The van der Waals surface area contributed by atoms with E-state index in [2.05, 4.69) is 10.3 Å². The van der Waals surface area contributed by atoms with E-state index in [0.717, 1.165) is 11.3 Å². The number of hydrogen-bond acceptors (Lipinski definition) is 4. The zero-order valence-electron chi connectivity index (χ0n) is 14.0. The highest BCUT2D eigenvalue weighted by atomic mass is 19.1. The summed E-state index contributed by atoms with van der Waals surface area (Å²) in [6.07, 6.45) is 0. The standard InChI is InChI=1S/C20H17FN2O3/c1-12-8-14(21)6-7-17(12)22-11-15-9-13(20(25)26)10-18(23-15)16-4-2-3-5-19(16)24/h2-10,22,24H,11H2,1H3,(H,25,26). The first kappa shape index (κ1) is 17.4. The van der Waals surface area contributed by atoms with Crippen molar-refractivity contribution < 1.29 is 19.4 Å². The van der Waals surface area contributed by atoms with Crippen molar-refractivity contribution in [3.8, 4) is 17.0 Å². The Morgan fingerprint density at radius 1 is 1.15 bits per heavy atom. The number of halogens is 1. The highest BCUT2D eigenvalue weighted by Gasteiger charge is 2.12. The summed E-state index contributed by atoms with van der Waals surface area (Å²) < 4.78 is 13.2. The second kappa shape index (κ2) is 7.23. The number of carboxylic acids is 1. The van der Waals surface area contributed by atoms with E-state index >= 15 is 0 Å². The lowest BCUT2D eigenvalue weighted by atomic mass is 10.1. The summed E-state index contributed by atoms with van der Waals surface area (Å²) in [4.78, 5) is 15.9. The molecule has 0 saturated heterocycles. The van der Waals surface area contributed by atoms with Gasteiger partial charge in [-0.1, -0.05) is 12.1 Å². The van der Waals surface area contributed by atoms with Crippen LogP contribution in [0.5, 0.6) is 5.75 Å². The average Bonchev–Trinajstić information content (AvgIpc) is 2.61. The predicted molar refractivity (Wildman–Crippen MR) is 96.8 cm³/mol. The number of aromatic hydroxyl groups is 1. The maximum atomic E-state index is 13.2. The third-order valence-electron chi connectivity index (χ3n) is 3.95. The molecule has 1 aromatic heterocycles. The molecule has 6 heteroatoms. The quantitative estimate of drug-likeness (QED) is 0.641. The van der Waals surface area contributed by atoms with Gasteiger partial charge in [0.25, 0.3) is 0 Å². The number of anilines is 1. The molecule has 1 heterocycles. The highest BCUT2D eigenvalue weighted by Crippen LogP contribution is 2.28.